The molecule has 0 spiro atoms. The SMILES string of the molecule is CC1(C)C=C(c2cccc(C(C)(C)C)c2)C=C(C(C)(C)C)C1. The summed E-state index contributed by atoms with van der Waals surface area (Å²) in [6, 6.07) is 9.05. The van der Waals surface area contributed by atoms with Crippen LogP contribution in [0.5, 0.6) is 0 Å². The first-order valence-corrected chi connectivity index (χ1v) is 8.43. The van der Waals surface area contributed by atoms with E-state index in [-0.39, 0.29) is 16.2 Å². The maximum absolute atomic E-state index is 2.45. The van der Waals surface area contributed by atoms with Gasteiger partial charge in [-0.25, -0.2) is 0 Å². The van der Waals surface area contributed by atoms with E-state index in [9.17, 15) is 0 Å². The highest BCUT2D eigenvalue weighted by atomic mass is 14.3. The van der Waals surface area contributed by atoms with E-state index in [0.29, 0.717) is 0 Å². The van der Waals surface area contributed by atoms with Crippen molar-refractivity contribution in [2.75, 3.05) is 0 Å². The molecular weight excluding hydrogens is 264 g/mol. The first kappa shape index (κ1) is 17.1. The summed E-state index contributed by atoms with van der Waals surface area (Å²) in [6.45, 7) is 18.5. The third-order valence-electron chi connectivity index (χ3n) is 4.55. The van der Waals surface area contributed by atoms with Gasteiger partial charge in [-0.15, -0.1) is 0 Å². The van der Waals surface area contributed by atoms with Crippen LogP contribution in [-0.4, -0.2) is 0 Å². The van der Waals surface area contributed by atoms with Gasteiger partial charge in [-0.3, -0.25) is 0 Å². The van der Waals surface area contributed by atoms with Gasteiger partial charge < -0.3 is 0 Å². The Balaban J connectivity index is 2.51. The first-order valence-electron chi connectivity index (χ1n) is 8.43. The van der Waals surface area contributed by atoms with Crippen molar-refractivity contribution in [3.8, 4) is 0 Å². The van der Waals surface area contributed by atoms with Crippen LogP contribution in [0.25, 0.3) is 5.57 Å². The number of benzene rings is 1. The van der Waals surface area contributed by atoms with Gasteiger partial charge in [-0.05, 0) is 39.4 Å². The summed E-state index contributed by atoms with van der Waals surface area (Å²) in [5, 5.41) is 0. The maximum atomic E-state index is 2.45. The van der Waals surface area contributed by atoms with Crippen LogP contribution < -0.4 is 0 Å². The summed E-state index contributed by atoms with van der Waals surface area (Å²) >= 11 is 0. The normalized spacial score (nSPS) is 18.7. The van der Waals surface area contributed by atoms with Crippen LogP contribution in [0.15, 0.2) is 42.0 Å². The molecule has 22 heavy (non-hydrogen) atoms. The van der Waals surface area contributed by atoms with Crippen LogP contribution >= 0.6 is 0 Å². The van der Waals surface area contributed by atoms with E-state index in [4.69, 9.17) is 0 Å². The van der Waals surface area contributed by atoms with Gasteiger partial charge in [0.15, 0.2) is 0 Å². The van der Waals surface area contributed by atoms with Crippen molar-refractivity contribution in [2.45, 2.75) is 67.2 Å². The van der Waals surface area contributed by atoms with E-state index in [1.165, 1.54) is 16.7 Å². The van der Waals surface area contributed by atoms with E-state index in [1.54, 1.807) is 5.57 Å². The summed E-state index contributed by atoms with van der Waals surface area (Å²) in [6.07, 6.45) is 6.02. The topological polar surface area (TPSA) is 0 Å². The van der Waals surface area contributed by atoms with Crippen molar-refractivity contribution in [2.24, 2.45) is 10.8 Å². The van der Waals surface area contributed by atoms with Crippen molar-refractivity contribution in [3.63, 3.8) is 0 Å². The molecule has 0 bridgehead atoms. The zero-order chi connectivity index (χ0) is 16.8. The van der Waals surface area contributed by atoms with Crippen molar-refractivity contribution >= 4 is 5.57 Å². The predicted octanol–water partition coefficient (Wildman–Crippen LogP) is 6.77. The van der Waals surface area contributed by atoms with Crippen molar-refractivity contribution in [3.05, 3.63) is 53.1 Å². The van der Waals surface area contributed by atoms with Gasteiger partial charge in [0.25, 0.3) is 0 Å². The Labute approximate surface area is 137 Å². The second kappa shape index (κ2) is 5.41. The summed E-state index contributed by atoms with van der Waals surface area (Å²) in [5.41, 5.74) is 6.34. The Morgan fingerprint density at radius 3 is 2.09 bits per heavy atom. The molecule has 0 atom stereocenters. The Bertz CT molecular complexity index is 610. The van der Waals surface area contributed by atoms with Crippen molar-refractivity contribution < 1.29 is 0 Å². The van der Waals surface area contributed by atoms with Crippen molar-refractivity contribution in [1.29, 1.82) is 0 Å². The fourth-order valence-electron chi connectivity index (χ4n) is 3.06. The van der Waals surface area contributed by atoms with Crippen LogP contribution in [0.2, 0.25) is 0 Å². The minimum Gasteiger partial charge on any atom is -0.0707 e. The standard InChI is InChI=1S/C22H32/c1-20(2,3)18-11-9-10-16(12-18)17-13-19(21(4,5)6)15-22(7,8)14-17/h9-14H,15H2,1-8H3. The van der Waals surface area contributed by atoms with Gasteiger partial charge in [-0.2, -0.15) is 0 Å². The largest absolute Gasteiger partial charge is 0.0707 e. The molecule has 0 heterocycles. The Kier molecular flexibility index (Phi) is 4.19. The van der Waals surface area contributed by atoms with Gasteiger partial charge in [0.05, 0.1) is 0 Å². The summed E-state index contributed by atoms with van der Waals surface area (Å²) in [4.78, 5) is 0. The molecule has 1 aliphatic carbocycles. The molecule has 0 nitrogen and oxygen atoms in total. The van der Waals surface area contributed by atoms with Crippen LogP contribution in [0, 0.1) is 10.8 Å². The Morgan fingerprint density at radius 1 is 0.909 bits per heavy atom. The summed E-state index contributed by atoms with van der Waals surface area (Å²) in [7, 11) is 0. The van der Waals surface area contributed by atoms with Gasteiger partial charge in [0.2, 0.25) is 0 Å². The average molecular weight is 296 g/mol. The molecule has 0 aliphatic heterocycles. The molecule has 0 heteroatoms. The number of allylic oxidation sites excluding steroid dienone is 4. The summed E-state index contributed by atoms with van der Waals surface area (Å²) < 4.78 is 0. The molecule has 0 N–H and O–H groups in total. The minimum atomic E-state index is 0.192. The lowest BCUT2D eigenvalue weighted by molar-refractivity contribution is 0.394. The van der Waals surface area contributed by atoms with E-state index >= 15 is 0 Å². The molecule has 0 aromatic heterocycles. The molecule has 120 valence electrons. The van der Waals surface area contributed by atoms with Gasteiger partial charge in [0.1, 0.15) is 0 Å². The predicted molar refractivity (Wildman–Crippen MR) is 99.1 cm³/mol. The molecule has 0 fully saturated rings. The van der Waals surface area contributed by atoms with E-state index in [1.807, 2.05) is 0 Å². The second-order valence-electron chi connectivity index (χ2n) is 9.52. The van der Waals surface area contributed by atoms with Crippen LogP contribution in [-0.2, 0) is 5.41 Å². The van der Waals surface area contributed by atoms with Gasteiger partial charge in [-0.1, -0.05) is 97.4 Å². The number of hydrogen-bond donors (Lipinski definition) is 0. The highest BCUT2D eigenvalue weighted by Crippen LogP contribution is 2.43. The van der Waals surface area contributed by atoms with Gasteiger partial charge in [0, 0.05) is 0 Å². The molecule has 1 aromatic carbocycles. The highest BCUT2D eigenvalue weighted by Gasteiger charge is 2.28. The molecule has 1 aliphatic rings. The lowest BCUT2D eigenvalue weighted by Gasteiger charge is -2.34. The second-order valence-corrected chi connectivity index (χ2v) is 9.52. The van der Waals surface area contributed by atoms with E-state index < -0.39 is 0 Å². The highest BCUT2D eigenvalue weighted by molar-refractivity contribution is 5.77. The molecule has 2 rings (SSSR count). The maximum Gasteiger partial charge on any atom is -0.0128 e. The lowest BCUT2D eigenvalue weighted by atomic mass is 9.70. The number of hydrogen-bond acceptors (Lipinski definition) is 0. The average Bonchev–Trinajstić information content (AvgIpc) is 2.35. The molecular formula is C22H32. The van der Waals surface area contributed by atoms with E-state index in [0.717, 1.165) is 6.42 Å². The molecule has 0 saturated carbocycles. The van der Waals surface area contributed by atoms with Crippen LogP contribution in [0.3, 0.4) is 0 Å². The zero-order valence-corrected chi connectivity index (χ0v) is 15.7. The summed E-state index contributed by atoms with van der Waals surface area (Å²) in [5.74, 6) is 0. The quantitative estimate of drug-likeness (QED) is 0.536. The van der Waals surface area contributed by atoms with Crippen molar-refractivity contribution in [1.82, 2.24) is 0 Å². The first-order chi connectivity index (χ1) is 9.88. The molecule has 0 unspecified atom stereocenters. The fraction of sp³-hybridized carbons (Fsp3) is 0.545. The molecule has 0 radical (unpaired) electrons. The van der Waals surface area contributed by atoms with Crippen LogP contribution in [0.4, 0.5) is 0 Å². The smallest absolute Gasteiger partial charge is 0.0128 e. The molecule has 1 aromatic rings. The third-order valence-corrected chi connectivity index (χ3v) is 4.55. The lowest BCUT2D eigenvalue weighted by Crippen LogP contribution is -2.21. The van der Waals surface area contributed by atoms with Gasteiger partial charge >= 0.3 is 0 Å². The minimum absolute atomic E-state index is 0.192. The third kappa shape index (κ3) is 3.91. The Hall–Kier alpha value is -1.30. The van der Waals surface area contributed by atoms with E-state index in [2.05, 4.69) is 91.8 Å². The fourth-order valence-corrected chi connectivity index (χ4v) is 3.06. The molecule has 0 saturated heterocycles. The number of rotatable bonds is 1. The monoisotopic (exact) mass is 296 g/mol. The van der Waals surface area contributed by atoms with Crippen LogP contribution in [0.1, 0.15) is 72.9 Å². The zero-order valence-electron chi connectivity index (χ0n) is 15.7. The molecule has 0 amide bonds. The Morgan fingerprint density at radius 2 is 1.55 bits per heavy atom.